The Morgan fingerprint density at radius 2 is 2.08 bits per heavy atom. The number of rotatable bonds is 7. The van der Waals surface area contributed by atoms with E-state index < -0.39 is 0 Å². The Bertz CT molecular complexity index is 151. The molecule has 0 heterocycles. The van der Waals surface area contributed by atoms with Gasteiger partial charge in [-0.3, -0.25) is 4.90 Å². The van der Waals surface area contributed by atoms with Gasteiger partial charge in [0.15, 0.2) is 0 Å². The molecule has 0 N–H and O–H groups in total. The van der Waals surface area contributed by atoms with E-state index in [9.17, 15) is 0 Å². The molecule has 0 fully saturated rings. The van der Waals surface area contributed by atoms with Gasteiger partial charge in [0.1, 0.15) is 0 Å². The van der Waals surface area contributed by atoms with E-state index in [2.05, 4.69) is 24.8 Å². The van der Waals surface area contributed by atoms with Crippen molar-refractivity contribution in [3.8, 4) is 6.07 Å². The zero-order valence-corrected chi connectivity index (χ0v) is 8.92. The monoisotopic (exact) mass is 184 g/mol. The molecule has 0 amide bonds. The van der Waals surface area contributed by atoms with Gasteiger partial charge in [-0.15, -0.1) is 0 Å². The summed E-state index contributed by atoms with van der Waals surface area (Å²) in [5.74, 6) is 0. The van der Waals surface area contributed by atoms with E-state index in [-0.39, 0.29) is 0 Å². The average molecular weight is 184 g/mol. The van der Waals surface area contributed by atoms with Gasteiger partial charge in [-0.2, -0.15) is 5.26 Å². The molecule has 0 aliphatic carbocycles. The second-order valence-electron chi connectivity index (χ2n) is 3.23. The van der Waals surface area contributed by atoms with E-state index in [0.29, 0.717) is 12.5 Å². The Hall–Kier alpha value is -0.590. The molecule has 0 unspecified atom stereocenters. The SMILES string of the molecule is CCOCCN(CCC#N)C(C)C. The van der Waals surface area contributed by atoms with Gasteiger partial charge in [-0.05, 0) is 20.8 Å². The zero-order valence-electron chi connectivity index (χ0n) is 8.92. The molecule has 0 aromatic carbocycles. The van der Waals surface area contributed by atoms with Crippen LogP contribution in [0.3, 0.4) is 0 Å². The van der Waals surface area contributed by atoms with Gasteiger partial charge in [0.05, 0.1) is 12.7 Å². The molecule has 0 aromatic rings. The van der Waals surface area contributed by atoms with Crippen LogP contribution in [0.5, 0.6) is 0 Å². The molecule has 0 saturated heterocycles. The third kappa shape index (κ3) is 6.56. The Labute approximate surface area is 81.3 Å². The van der Waals surface area contributed by atoms with Gasteiger partial charge in [0.25, 0.3) is 0 Å². The fourth-order valence-corrected chi connectivity index (χ4v) is 1.15. The fraction of sp³-hybridized carbons (Fsp3) is 0.900. The van der Waals surface area contributed by atoms with Gasteiger partial charge in [0, 0.05) is 32.2 Å². The maximum Gasteiger partial charge on any atom is 0.0635 e. The standard InChI is InChI=1S/C10H20N2O/c1-4-13-9-8-12(10(2)3)7-5-6-11/h10H,4-5,7-9H2,1-3H3. The van der Waals surface area contributed by atoms with Gasteiger partial charge in [0.2, 0.25) is 0 Å². The van der Waals surface area contributed by atoms with Crippen molar-refractivity contribution in [2.45, 2.75) is 33.2 Å². The molecule has 0 aliphatic rings. The first kappa shape index (κ1) is 12.4. The number of nitriles is 1. The predicted molar refractivity (Wildman–Crippen MR) is 53.4 cm³/mol. The van der Waals surface area contributed by atoms with E-state index in [1.165, 1.54) is 0 Å². The molecule has 3 heteroatoms. The van der Waals surface area contributed by atoms with Crippen molar-refractivity contribution in [3.05, 3.63) is 0 Å². The number of hydrogen-bond donors (Lipinski definition) is 0. The second kappa shape index (κ2) is 8.03. The van der Waals surface area contributed by atoms with Crippen LogP contribution in [0.15, 0.2) is 0 Å². The quantitative estimate of drug-likeness (QED) is 0.564. The molecule has 13 heavy (non-hydrogen) atoms. The van der Waals surface area contributed by atoms with Crippen LogP contribution in [0.4, 0.5) is 0 Å². The van der Waals surface area contributed by atoms with Crippen LogP contribution in [0.1, 0.15) is 27.2 Å². The van der Waals surface area contributed by atoms with E-state index >= 15 is 0 Å². The molecule has 76 valence electrons. The summed E-state index contributed by atoms with van der Waals surface area (Å²) in [6.45, 7) is 9.58. The molecule has 0 radical (unpaired) electrons. The predicted octanol–water partition coefficient (Wildman–Crippen LogP) is 1.65. The number of ether oxygens (including phenoxy) is 1. The first-order chi connectivity index (χ1) is 6.22. The molecule has 0 aliphatic heterocycles. The molecular formula is C10H20N2O. The Morgan fingerprint density at radius 1 is 1.38 bits per heavy atom. The number of hydrogen-bond acceptors (Lipinski definition) is 3. The van der Waals surface area contributed by atoms with Crippen LogP contribution in [-0.4, -0.2) is 37.2 Å². The molecule has 0 aromatic heterocycles. The van der Waals surface area contributed by atoms with E-state index in [4.69, 9.17) is 10.00 Å². The number of nitrogens with zero attached hydrogens (tertiary/aromatic N) is 2. The van der Waals surface area contributed by atoms with Crippen molar-refractivity contribution >= 4 is 0 Å². The third-order valence-corrected chi connectivity index (χ3v) is 1.97. The normalized spacial score (nSPS) is 10.8. The molecular weight excluding hydrogens is 164 g/mol. The maximum atomic E-state index is 8.46. The van der Waals surface area contributed by atoms with Crippen LogP contribution in [0.2, 0.25) is 0 Å². The van der Waals surface area contributed by atoms with Crippen LogP contribution >= 0.6 is 0 Å². The van der Waals surface area contributed by atoms with Crippen molar-refractivity contribution in [2.24, 2.45) is 0 Å². The van der Waals surface area contributed by atoms with E-state index in [1.54, 1.807) is 0 Å². The van der Waals surface area contributed by atoms with Crippen molar-refractivity contribution in [2.75, 3.05) is 26.3 Å². The lowest BCUT2D eigenvalue weighted by Gasteiger charge is -2.24. The molecule has 0 spiro atoms. The molecule has 0 bridgehead atoms. The molecule has 0 rings (SSSR count). The van der Waals surface area contributed by atoms with Gasteiger partial charge < -0.3 is 4.74 Å². The lowest BCUT2D eigenvalue weighted by molar-refractivity contribution is 0.102. The van der Waals surface area contributed by atoms with E-state index in [0.717, 1.165) is 26.3 Å². The second-order valence-corrected chi connectivity index (χ2v) is 3.23. The van der Waals surface area contributed by atoms with Crippen molar-refractivity contribution in [1.82, 2.24) is 4.90 Å². The summed E-state index contributed by atoms with van der Waals surface area (Å²) in [5, 5.41) is 8.46. The molecule has 0 saturated carbocycles. The summed E-state index contributed by atoms with van der Waals surface area (Å²) in [6.07, 6.45) is 0.601. The summed E-state index contributed by atoms with van der Waals surface area (Å²) < 4.78 is 5.27. The minimum absolute atomic E-state index is 0.494. The largest absolute Gasteiger partial charge is 0.380 e. The Balaban J connectivity index is 3.62. The van der Waals surface area contributed by atoms with Crippen molar-refractivity contribution in [1.29, 1.82) is 5.26 Å². The van der Waals surface area contributed by atoms with Crippen LogP contribution < -0.4 is 0 Å². The highest BCUT2D eigenvalue weighted by Crippen LogP contribution is 1.98. The fourth-order valence-electron chi connectivity index (χ4n) is 1.15. The zero-order chi connectivity index (χ0) is 10.1. The molecule has 3 nitrogen and oxygen atoms in total. The smallest absolute Gasteiger partial charge is 0.0635 e. The van der Waals surface area contributed by atoms with E-state index in [1.807, 2.05) is 6.92 Å². The van der Waals surface area contributed by atoms with Crippen LogP contribution in [0, 0.1) is 11.3 Å². The van der Waals surface area contributed by atoms with Gasteiger partial charge >= 0.3 is 0 Å². The lowest BCUT2D eigenvalue weighted by Crippen LogP contribution is -2.34. The Morgan fingerprint density at radius 3 is 2.54 bits per heavy atom. The summed E-state index contributed by atoms with van der Waals surface area (Å²) in [4.78, 5) is 2.26. The van der Waals surface area contributed by atoms with Gasteiger partial charge in [-0.25, -0.2) is 0 Å². The van der Waals surface area contributed by atoms with Crippen LogP contribution in [0.25, 0.3) is 0 Å². The Kier molecular flexibility index (Phi) is 7.66. The lowest BCUT2D eigenvalue weighted by atomic mass is 10.3. The van der Waals surface area contributed by atoms with Crippen molar-refractivity contribution in [3.63, 3.8) is 0 Å². The highest BCUT2D eigenvalue weighted by atomic mass is 16.5. The highest BCUT2D eigenvalue weighted by molar-refractivity contribution is 4.73. The van der Waals surface area contributed by atoms with Crippen molar-refractivity contribution < 1.29 is 4.74 Å². The average Bonchev–Trinajstić information content (AvgIpc) is 2.10. The summed E-state index contributed by atoms with van der Waals surface area (Å²) in [7, 11) is 0. The van der Waals surface area contributed by atoms with Crippen LogP contribution in [-0.2, 0) is 4.74 Å². The summed E-state index contributed by atoms with van der Waals surface area (Å²) >= 11 is 0. The third-order valence-electron chi connectivity index (χ3n) is 1.97. The van der Waals surface area contributed by atoms with Gasteiger partial charge in [-0.1, -0.05) is 0 Å². The first-order valence-corrected chi connectivity index (χ1v) is 4.91. The topological polar surface area (TPSA) is 36.3 Å². The minimum atomic E-state index is 0.494. The maximum absolute atomic E-state index is 8.46. The summed E-state index contributed by atoms with van der Waals surface area (Å²) in [5.41, 5.74) is 0. The highest BCUT2D eigenvalue weighted by Gasteiger charge is 2.07. The molecule has 0 atom stereocenters. The minimum Gasteiger partial charge on any atom is -0.380 e. The first-order valence-electron chi connectivity index (χ1n) is 4.91. The summed E-state index contributed by atoms with van der Waals surface area (Å²) in [6, 6.07) is 2.66.